The topological polar surface area (TPSA) is 63.2 Å². The number of hydrogen-bond acceptors (Lipinski definition) is 3. The molecule has 18 heavy (non-hydrogen) atoms. The van der Waals surface area contributed by atoms with Crippen molar-refractivity contribution in [3.63, 3.8) is 0 Å². The second kappa shape index (κ2) is 5.77. The van der Waals surface area contributed by atoms with Crippen molar-refractivity contribution < 1.29 is 17.6 Å². The van der Waals surface area contributed by atoms with Crippen LogP contribution in [0.2, 0.25) is 0 Å². The lowest BCUT2D eigenvalue weighted by molar-refractivity contribution is -0.115. The third-order valence-electron chi connectivity index (χ3n) is 2.39. The summed E-state index contributed by atoms with van der Waals surface area (Å²) in [6, 6.07) is 5.56. The number of para-hydroxylation sites is 1. The van der Waals surface area contributed by atoms with Crippen molar-refractivity contribution in [3.05, 3.63) is 42.7 Å². The SMILES string of the molecule is C=CCS(=O)(=O)C(C)C(=O)Nc1ccccc1F. The average Bonchev–Trinajstić information content (AvgIpc) is 2.31. The second-order valence-corrected chi connectivity index (χ2v) is 6.10. The molecule has 0 saturated heterocycles. The Morgan fingerprint density at radius 3 is 2.67 bits per heavy atom. The molecular formula is C12H14FNO3S. The number of carbonyl (C=O) groups excluding carboxylic acids is 1. The summed E-state index contributed by atoms with van der Waals surface area (Å²) in [5, 5.41) is 0.993. The van der Waals surface area contributed by atoms with Crippen molar-refractivity contribution in [2.75, 3.05) is 11.1 Å². The molecule has 0 fully saturated rings. The van der Waals surface area contributed by atoms with Gasteiger partial charge >= 0.3 is 0 Å². The molecule has 0 aromatic heterocycles. The number of anilines is 1. The molecular weight excluding hydrogens is 257 g/mol. The van der Waals surface area contributed by atoms with E-state index in [2.05, 4.69) is 11.9 Å². The van der Waals surface area contributed by atoms with Crippen LogP contribution in [0.4, 0.5) is 10.1 Å². The summed E-state index contributed by atoms with van der Waals surface area (Å²) in [7, 11) is -3.60. The van der Waals surface area contributed by atoms with E-state index in [4.69, 9.17) is 0 Å². The largest absolute Gasteiger partial charge is 0.322 e. The highest BCUT2D eigenvalue weighted by atomic mass is 32.2. The predicted molar refractivity (Wildman–Crippen MR) is 68.5 cm³/mol. The van der Waals surface area contributed by atoms with E-state index in [9.17, 15) is 17.6 Å². The van der Waals surface area contributed by atoms with E-state index in [0.29, 0.717) is 0 Å². The van der Waals surface area contributed by atoms with Crippen LogP contribution in [0.25, 0.3) is 0 Å². The van der Waals surface area contributed by atoms with E-state index >= 15 is 0 Å². The molecule has 1 rings (SSSR count). The maximum Gasteiger partial charge on any atom is 0.242 e. The van der Waals surface area contributed by atoms with Crippen LogP contribution >= 0.6 is 0 Å². The number of nitrogens with one attached hydrogen (secondary N) is 1. The molecule has 1 aromatic rings. The standard InChI is InChI=1S/C12H14FNO3S/c1-3-8-18(16,17)9(2)12(15)14-11-7-5-4-6-10(11)13/h3-7,9H,1,8H2,2H3,(H,14,15). The Labute approximate surface area is 105 Å². The minimum atomic E-state index is -3.60. The fraction of sp³-hybridized carbons (Fsp3) is 0.250. The van der Waals surface area contributed by atoms with E-state index in [1.807, 2.05) is 0 Å². The smallest absolute Gasteiger partial charge is 0.242 e. The number of rotatable bonds is 5. The van der Waals surface area contributed by atoms with Gasteiger partial charge in [0.25, 0.3) is 0 Å². The summed E-state index contributed by atoms with van der Waals surface area (Å²) in [5.74, 6) is -1.67. The van der Waals surface area contributed by atoms with Crippen molar-refractivity contribution in [2.45, 2.75) is 12.2 Å². The van der Waals surface area contributed by atoms with Gasteiger partial charge in [-0.25, -0.2) is 12.8 Å². The number of carbonyl (C=O) groups is 1. The van der Waals surface area contributed by atoms with Gasteiger partial charge < -0.3 is 5.32 Å². The fourth-order valence-electron chi connectivity index (χ4n) is 1.27. The molecule has 0 aliphatic rings. The van der Waals surface area contributed by atoms with E-state index in [1.165, 1.54) is 31.2 Å². The first-order valence-electron chi connectivity index (χ1n) is 5.26. The van der Waals surface area contributed by atoms with Crippen molar-refractivity contribution in [2.24, 2.45) is 0 Å². The Hall–Kier alpha value is -1.69. The maximum atomic E-state index is 13.3. The highest BCUT2D eigenvalue weighted by Gasteiger charge is 2.27. The van der Waals surface area contributed by atoms with E-state index in [1.54, 1.807) is 6.07 Å². The minimum Gasteiger partial charge on any atom is -0.322 e. The average molecular weight is 271 g/mol. The van der Waals surface area contributed by atoms with Crippen LogP contribution in [0.1, 0.15) is 6.92 Å². The molecule has 0 bridgehead atoms. The number of sulfone groups is 1. The Bertz CT molecular complexity index is 554. The van der Waals surface area contributed by atoms with E-state index in [-0.39, 0.29) is 11.4 Å². The Morgan fingerprint density at radius 2 is 2.11 bits per heavy atom. The Balaban J connectivity index is 2.84. The molecule has 0 spiro atoms. The monoisotopic (exact) mass is 271 g/mol. The number of halogens is 1. The molecule has 0 aliphatic carbocycles. The molecule has 0 saturated carbocycles. The van der Waals surface area contributed by atoms with Crippen molar-refractivity contribution in [1.82, 2.24) is 0 Å². The van der Waals surface area contributed by atoms with Crippen LogP contribution in [0.5, 0.6) is 0 Å². The van der Waals surface area contributed by atoms with Crippen LogP contribution in [-0.4, -0.2) is 25.3 Å². The predicted octanol–water partition coefficient (Wildman–Crippen LogP) is 1.75. The van der Waals surface area contributed by atoms with Gasteiger partial charge in [-0.1, -0.05) is 18.2 Å². The maximum absolute atomic E-state index is 13.3. The number of hydrogen-bond donors (Lipinski definition) is 1. The lowest BCUT2D eigenvalue weighted by atomic mass is 10.3. The third kappa shape index (κ3) is 3.40. The molecule has 0 heterocycles. The first-order chi connectivity index (χ1) is 8.38. The van der Waals surface area contributed by atoms with Gasteiger partial charge in [-0.05, 0) is 19.1 Å². The van der Waals surface area contributed by atoms with Gasteiger partial charge in [0.05, 0.1) is 11.4 Å². The summed E-state index contributed by atoms with van der Waals surface area (Å²) >= 11 is 0. The van der Waals surface area contributed by atoms with Crippen LogP contribution < -0.4 is 5.32 Å². The van der Waals surface area contributed by atoms with Crippen molar-refractivity contribution in [1.29, 1.82) is 0 Å². The normalized spacial score (nSPS) is 12.8. The first kappa shape index (κ1) is 14.4. The number of amides is 1. The summed E-state index contributed by atoms with van der Waals surface area (Å²) in [5.41, 5.74) is -0.0387. The number of benzene rings is 1. The zero-order valence-corrected chi connectivity index (χ0v) is 10.7. The van der Waals surface area contributed by atoms with Crippen molar-refractivity contribution in [3.8, 4) is 0 Å². The molecule has 6 heteroatoms. The van der Waals surface area contributed by atoms with Gasteiger partial charge in [-0.3, -0.25) is 4.79 Å². The van der Waals surface area contributed by atoms with Gasteiger partial charge in [0, 0.05) is 0 Å². The molecule has 1 atom stereocenters. The highest BCUT2D eigenvalue weighted by Crippen LogP contribution is 2.14. The molecule has 1 amide bonds. The van der Waals surface area contributed by atoms with Gasteiger partial charge in [-0.15, -0.1) is 6.58 Å². The summed E-state index contributed by atoms with van der Waals surface area (Å²) in [4.78, 5) is 11.7. The molecule has 1 unspecified atom stereocenters. The molecule has 4 nitrogen and oxygen atoms in total. The highest BCUT2D eigenvalue weighted by molar-refractivity contribution is 7.92. The Morgan fingerprint density at radius 1 is 1.50 bits per heavy atom. The lowest BCUT2D eigenvalue weighted by Gasteiger charge is -2.12. The zero-order chi connectivity index (χ0) is 13.8. The van der Waals surface area contributed by atoms with Crippen LogP contribution in [0.15, 0.2) is 36.9 Å². The molecule has 0 aliphatic heterocycles. The van der Waals surface area contributed by atoms with Gasteiger partial charge in [0.2, 0.25) is 5.91 Å². The quantitative estimate of drug-likeness (QED) is 0.830. The second-order valence-electron chi connectivity index (χ2n) is 3.73. The summed E-state index contributed by atoms with van der Waals surface area (Å²) < 4.78 is 36.5. The van der Waals surface area contributed by atoms with Gasteiger partial charge in [0.15, 0.2) is 9.84 Å². The zero-order valence-electron chi connectivity index (χ0n) is 9.89. The van der Waals surface area contributed by atoms with Crippen LogP contribution in [-0.2, 0) is 14.6 Å². The molecule has 1 aromatic carbocycles. The van der Waals surface area contributed by atoms with Crippen LogP contribution in [0, 0.1) is 5.82 Å². The fourth-order valence-corrected chi connectivity index (χ4v) is 2.27. The summed E-state index contributed by atoms with van der Waals surface area (Å²) in [6.45, 7) is 4.57. The lowest BCUT2D eigenvalue weighted by Crippen LogP contribution is -2.33. The third-order valence-corrected chi connectivity index (χ3v) is 4.38. The molecule has 0 radical (unpaired) electrons. The van der Waals surface area contributed by atoms with Gasteiger partial charge in [0.1, 0.15) is 11.1 Å². The van der Waals surface area contributed by atoms with Crippen molar-refractivity contribution >= 4 is 21.4 Å². The van der Waals surface area contributed by atoms with E-state index < -0.39 is 26.8 Å². The molecule has 98 valence electrons. The minimum absolute atomic E-state index is 0.0387. The van der Waals surface area contributed by atoms with Crippen LogP contribution in [0.3, 0.4) is 0 Å². The Kier molecular flexibility index (Phi) is 4.61. The van der Waals surface area contributed by atoms with Gasteiger partial charge in [-0.2, -0.15) is 0 Å². The first-order valence-corrected chi connectivity index (χ1v) is 6.98. The van der Waals surface area contributed by atoms with E-state index in [0.717, 1.165) is 0 Å². The molecule has 1 N–H and O–H groups in total. The summed E-state index contributed by atoms with van der Waals surface area (Å²) in [6.07, 6.45) is 1.21.